The molecule has 0 unspecified atom stereocenters. The van der Waals surface area contributed by atoms with Crippen molar-refractivity contribution < 1.29 is 32.0 Å². The molecule has 0 bridgehead atoms. The molecule has 0 amide bonds. The third-order valence-corrected chi connectivity index (χ3v) is 3.02. The summed E-state index contributed by atoms with van der Waals surface area (Å²) in [6.45, 7) is 2.74. The molecule has 0 saturated carbocycles. The predicted octanol–water partition coefficient (Wildman–Crippen LogP) is 0.439. The van der Waals surface area contributed by atoms with Crippen LogP contribution in [0.3, 0.4) is 0 Å². The smallest absolute Gasteiger partial charge is 0.339 e. The summed E-state index contributed by atoms with van der Waals surface area (Å²) in [6.07, 6.45) is 0.954. The van der Waals surface area contributed by atoms with Gasteiger partial charge in [-0.2, -0.15) is 8.42 Å². The van der Waals surface area contributed by atoms with E-state index in [1.807, 2.05) is 0 Å². The van der Waals surface area contributed by atoms with Crippen LogP contribution in [0.5, 0.6) is 0 Å². The van der Waals surface area contributed by atoms with Gasteiger partial charge in [-0.1, -0.05) is 18.7 Å². The van der Waals surface area contributed by atoms with E-state index in [9.17, 15) is 18.0 Å². The minimum Gasteiger partial charge on any atom is -0.459 e. The number of ether oxygens (including phenoxy) is 2. The molecule has 1 radical (unpaired) electrons. The van der Waals surface area contributed by atoms with Gasteiger partial charge in [0.2, 0.25) is 0 Å². The van der Waals surface area contributed by atoms with E-state index in [1.54, 1.807) is 0 Å². The summed E-state index contributed by atoms with van der Waals surface area (Å²) < 4.78 is 40.5. The molecule has 0 spiro atoms. The number of hydrogen-bond acceptors (Lipinski definition) is 6. The molecule has 0 aliphatic carbocycles. The fraction of sp³-hybridized carbons (Fsp3) is 0.167. The van der Waals surface area contributed by atoms with Gasteiger partial charge in [0.25, 0.3) is 10.1 Å². The number of carbonyl (C=O) groups is 2. The van der Waals surface area contributed by atoms with Crippen LogP contribution in [-0.2, 0) is 24.4 Å². The summed E-state index contributed by atoms with van der Waals surface area (Å²) in [5.74, 6) is -1.62. The van der Waals surface area contributed by atoms with E-state index >= 15 is 0 Å². The number of carbonyl (C=O) groups excluding carboxylic acids is 2. The predicted molar refractivity (Wildman–Crippen MR) is 73.4 cm³/mol. The Kier molecular flexibility index (Phi) is 8.45. The van der Waals surface area contributed by atoms with Crippen LogP contribution in [0.4, 0.5) is 0 Å². The summed E-state index contributed by atoms with van der Waals surface area (Å²) in [5.41, 5.74) is -0.301. The molecular weight excluding hydrogens is 311 g/mol. The van der Waals surface area contributed by atoms with Gasteiger partial charge in [-0.05, 0) is 12.1 Å². The Bertz CT molecular complexity index is 624. The first-order valence-electron chi connectivity index (χ1n) is 5.39. The van der Waals surface area contributed by atoms with Crippen LogP contribution in [0, 0.1) is 0 Å². The molecule has 0 heterocycles. The average Bonchev–Trinajstić information content (AvgIpc) is 2.42. The van der Waals surface area contributed by atoms with Gasteiger partial charge in [-0.25, -0.2) is 9.59 Å². The van der Waals surface area contributed by atoms with Crippen LogP contribution in [-0.4, -0.2) is 67.7 Å². The maximum absolute atomic E-state index is 11.7. The molecule has 0 atom stereocenters. The van der Waals surface area contributed by atoms with Gasteiger partial charge in [0.05, 0.1) is 5.56 Å². The van der Waals surface area contributed by atoms with Gasteiger partial charge < -0.3 is 9.47 Å². The Morgan fingerprint density at radius 2 is 1.76 bits per heavy atom. The van der Waals surface area contributed by atoms with E-state index in [0.717, 1.165) is 12.1 Å². The van der Waals surface area contributed by atoms with Crippen molar-refractivity contribution in [1.82, 2.24) is 0 Å². The topological polar surface area (TPSA) is 107 Å². The number of benzene rings is 1. The Morgan fingerprint density at radius 1 is 1.19 bits per heavy atom. The standard InChI is InChI=1S/C12H12O7S.Na/c1-2-11(13)18-7-8-19-12(14)9-5-3-4-6-10(9)20(15,16)17;/h2-6H,1,7-8H2,(H,15,16,17);. The molecule has 21 heavy (non-hydrogen) atoms. The van der Waals surface area contributed by atoms with Gasteiger partial charge in [0, 0.05) is 35.6 Å². The third kappa shape index (κ3) is 6.40. The second kappa shape index (κ2) is 8.96. The average molecular weight is 323 g/mol. The second-order valence-corrected chi connectivity index (χ2v) is 4.87. The zero-order valence-electron chi connectivity index (χ0n) is 11.3. The summed E-state index contributed by atoms with van der Waals surface area (Å²) >= 11 is 0. The third-order valence-electron chi connectivity index (χ3n) is 2.11. The van der Waals surface area contributed by atoms with Crippen LogP contribution in [0.25, 0.3) is 0 Å². The van der Waals surface area contributed by atoms with Crippen molar-refractivity contribution in [2.75, 3.05) is 13.2 Å². The van der Waals surface area contributed by atoms with E-state index in [2.05, 4.69) is 11.3 Å². The Morgan fingerprint density at radius 3 is 2.33 bits per heavy atom. The number of hydrogen-bond donors (Lipinski definition) is 1. The molecule has 1 aromatic carbocycles. The molecule has 0 saturated heterocycles. The monoisotopic (exact) mass is 323 g/mol. The first kappa shape index (κ1) is 19.8. The van der Waals surface area contributed by atoms with E-state index in [1.165, 1.54) is 18.2 Å². The minimum absolute atomic E-state index is 0. The van der Waals surface area contributed by atoms with E-state index in [4.69, 9.17) is 9.29 Å². The Hall–Kier alpha value is -1.19. The normalized spacial score (nSPS) is 10.1. The second-order valence-electron chi connectivity index (χ2n) is 3.48. The SMILES string of the molecule is C=CC(=O)OCCOC(=O)c1ccccc1S(=O)(=O)O.[Na]. The summed E-state index contributed by atoms with van der Waals surface area (Å²) in [7, 11) is -4.53. The van der Waals surface area contributed by atoms with Crippen molar-refractivity contribution in [1.29, 1.82) is 0 Å². The molecule has 1 N–H and O–H groups in total. The molecular formula is C12H12NaO7S. The molecule has 0 aliphatic rings. The fourth-order valence-corrected chi connectivity index (χ4v) is 1.95. The summed E-state index contributed by atoms with van der Waals surface area (Å²) in [4.78, 5) is 21.8. The molecule has 7 nitrogen and oxygen atoms in total. The maximum atomic E-state index is 11.7. The van der Waals surface area contributed by atoms with Gasteiger partial charge in [-0.15, -0.1) is 0 Å². The van der Waals surface area contributed by atoms with Crippen LogP contribution >= 0.6 is 0 Å². The van der Waals surface area contributed by atoms with Crippen molar-refractivity contribution in [3.8, 4) is 0 Å². The maximum Gasteiger partial charge on any atom is 0.339 e. The van der Waals surface area contributed by atoms with Crippen molar-refractivity contribution in [3.63, 3.8) is 0 Å². The van der Waals surface area contributed by atoms with Crippen LogP contribution in [0.1, 0.15) is 10.4 Å². The first-order valence-corrected chi connectivity index (χ1v) is 6.83. The first-order chi connectivity index (χ1) is 9.36. The van der Waals surface area contributed by atoms with Crippen molar-refractivity contribution in [2.45, 2.75) is 4.90 Å². The summed E-state index contributed by atoms with van der Waals surface area (Å²) in [5, 5.41) is 0. The van der Waals surface area contributed by atoms with Crippen LogP contribution in [0.15, 0.2) is 41.8 Å². The van der Waals surface area contributed by atoms with Crippen LogP contribution in [0.2, 0.25) is 0 Å². The van der Waals surface area contributed by atoms with Crippen molar-refractivity contribution >= 4 is 51.6 Å². The number of rotatable bonds is 6. The zero-order chi connectivity index (χ0) is 15.2. The van der Waals surface area contributed by atoms with E-state index < -0.39 is 27.0 Å². The fourth-order valence-electron chi connectivity index (χ4n) is 1.27. The molecule has 0 aromatic heterocycles. The van der Waals surface area contributed by atoms with Gasteiger partial charge in [-0.3, -0.25) is 4.55 Å². The largest absolute Gasteiger partial charge is 0.459 e. The van der Waals surface area contributed by atoms with E-state index in [-0.39, 0.29) is 48.3 Å². The van der Waals surface area contributed by atoms with Gasteiger partial charge >= 0.3 is 11.9 Å². The minimum atomic E-state index is -4.53. The molecule has 0 fully saturated rings. The van der Waals surface area contributed by atoms with Gasteiger partial charge in [0.1, 0.15) is 18.1 Å². The molecule has 1 aromatic rings. The Labute approximate surface area is 144 Å². The Balaban J connectivity index is 0.00000400. The van der Waals surface area contributed by atoms with Crippen LogP contribution < -0.4 is 0 Å². The van der Waals surface area contributed by atoms with E-state index in [0.29, 0.717) is 0 Å². The molecule has 109 valence electrons. The van der Waals surface area contributed by atoms with Gasteiger partial charge in [0.15, 0.2) is 0 Å². The summed E-state index contributed by atoms with van der Waals surface area (Å²) in [6, 6.07) is 5.04. The van der Waals surface area contributed by atoms with Crippen molar-refractivity contribution in [3.05, 3.63) is 42.5 Å². The quantitative estimate of drug-likeness (QED) is 0.266. The molecule has 0 aliphatic heterocycles. The molecule has 9 heteroatoms. The molecule has 1 rings (SSSR count). The van der Waals surface area contributed by atoms with Crippen molar-refractivity contribution in [2.24, 2.45) is 0 Å². The zero-order valence-corrected chi connectivity index (χ0v) is 14.1. The number of esters is 2.